The molecule has 1 atom stereocenters. The van der Waals surface area contributed by atoms with Gasteiger partial charge >= 0.3 is 5.97 Å². The van der Waals surface area contributed by atoms with Crippen LogP contribution in [-0.4, -0.2) is 38.1 Å². The fraction of sp³-hybridized carbons (Fsp3) is 0.500. The summed E-state index contributed by atoms with van der Waals surface area (Å²) in [7, 11) is 0. The second-order valence-electron chi connectivity index (χ2n) is 5.87. The molecular weight excluding hydrogens is 338 g/mol. The molecule has 0 radical (unpaired) electrons. The highest BCUT2D eigenvalue weighted by Crippen LogP contribution is 2.27. The molecule has 0 bridgehead atoms. The summed E-state index contributed by atoms with van der Waals surface area (Å²) in [6.45, 7) is 10.5. The number of ketones is 1. The van der Waals surface area contributed by atoms with Gasteiger partial charge in [-0.3, -0.25) is 4.79 Å². The quantitative estimate of drug-likeness (QED) is 0.439. The molecule has 2 aromatic rings. The van der Waals surface area contributed by atoms with Gasteiger partial charge in [0.1, 0.15) is 0 Å². The van der Waals surface area contributed by atoms with E-state index >= 15 is 0 Å². The average molecular weight is 363 g/mol. The maximum atomic E-state index is 12.9. The van der Waals surface area contributed by atoms with Crippen molar-refractivity contribution in [2.45, 2.75) is 58.0 Å². The highest BCUT2D eigenvalue weighted by molar-refractivity contribution is 8.00. The molecule has 0 saturated carbocycles. The number of aromatic nitrogens is 3. The summed E-state index contributed by atoms with van der Waals surface area (Å²) in [6, 6.07) is 0. The monoisotopic (exact) mass is 363 g/mol. The van der Waals surface area contributed by atoms with Crippen molar-refractivity contribution in [2.24, 2.45) is 0 Å². The SMILES string of the molecule is CCCn1ccnc1S[C@H](C)C(=O)c1[nH]c(C)c(C(=O)OCC)c1C. The number of rotatable bonds is 8. The summed E-state index contributed by atoms with van der Waals surface area (Å²) in [6.07, 6.45) is 4.67. The van der Waals surface area contributed by atoms with Crippen molar-refractivity contribution < 1.29 is 14.3 Å². The predicted octanol–water partition coefficient (Wildman–Crippen LogP) is 3.78. The third-order valence-corrected chi connectivity index (χ3v) is 5.08. The molecule has 2 rings (SSSR count). The topological polar surface area (TPSA) is 77.0 Å². The fourth-order valence-corrected chi connectivity index (χ4v) is 3.70. The van der Waals surface area contributed by atoms with Gasteiger partial charge in [0, 0.05) is 24.6 Å². The first-order valence-corrected chi connectivity index (χ1v) is 9.36. The second-order valence-corrected chi connectivity index (χ2v) is 7.18. The molecule has 136 valence electrons. The molecule has 0 aromatic carbocycles. The Kier molecular flexibility index (Phi) is 6.47. The number of thioether (sulfide) groups is 1. The van der Waals surface area contributed by atoms with E-state index in [0.717, 1.165) is 18.1 Å². The molecule has 6 nitrogen and oxygen atoms in total. The van der Waals surface area contributed by atoms with Crippen molar-refractivity contribution in [3.63, 3.8) is 0 Å². The molecule has 2 heterocycles. The largest absolute Gasteiger partial charge is 0.462 e. The Bertz CT molecular complexity index is 764. The summed E-state index contributed by atoms with van der Waals surface area (Å²) in [5, 5.41) is 0.513. The standard InChI is InChI=1S/C18H25N3O3S/c1-6-9-21-10-8-19-18(21)25-13(5)16(22)15-11(3)14(12(4)20-15)17(23)24-7-2/h8,10,13,20H,6-7,9H2,1-5H3/t13-/m1/s1. The number of carbonyl (C=O) groups is 2. The molecule has 0 aliphatic heterocycles. The van der Waals surface area contributed by atoms with Crippen LogP contribution in [0.2, 0.25) is 0 Å². The molecule has 0 unspecified atom stereocenters. The molecule has 25 heavy (non-hydrogen) atoms. The van der Waals surface area contributed by atoms with Crippen molar-refractivity contribution in [1.29, 1.82) is 0 Å². The van der Waals surface area contributed by atoms with Crippen molar-refractivity contribution in [3.8, 4) is 0 Å². The van der Waals surface area contributed by atoms with Crippen molar-refractivity contribution in [3.05, 3.63) is 34.9 Å². The summed E-state index contributed by atoms with van der Waals surface area (Å²) in [5.74, 6) is -0.446. The van der Waals surface area contributed by atoms with Gasteiger partial charge in [-0.15, -0.1) is 0 Å². The van der Waals surface area contributed by atoms with Gasteiger partial charge in [-0.05, 0) is 39.7 Å². The van der Waals surface area contributed by atoms with E-state index in [1.165, 1.54) is 11.8 Å². The first-order valence-electron chi connectivity index (χ1n) is 8.48. The van der Waals surface area contributed by atoms with Gasteiger partial charge < -0.3 is 14.3 Å². The number of hydrogen-bond acceptors (Lipinski definition) is 5. The number of carbonyl (C=O) groups excluding carboxylic acids is 2. The summed E-state index contributed by atoms with van der Waals surface area (Å²) >= 11 is 1.43. The van der Waals surface area contributed by atoms with Gasteiger partial charge in [-0.25, -0.2) is 9.78 Å². The first-order chi connectivity index (χ1) is 11.9. The van der Waals surface area contributed by atoms with E-state index in [1.54, 1.807) is 27.0 Å². The number of ether oxygens (including phenoxy) is 1. The third-order valence-electron chi connectivity index (χ3n) is 3.96. The Morgan fingerprint density at radius 3 is 2.72 bits per heavy atom. The molecule has 2 aromatic heterocycles. The van der Waals surface area contributed by atoms with E-state index in [4.69, 9.17) is 4.74 Å². The zero-order valence-corrected chi connectivity index (χ0v) is 16.2. The number of esters is 1. The molecule has 0 aliphatic rings. The molecule has 0 amide bonds. The Labute approximate surface area is 152 Å². The lowest BCUT2D eigenvalue weighted by atomic mass is 10.1. The van der Waals surface area contributed by atoms with Crippen LogP contribution >= 0.6 is 11.8 Å². The van der Waals surface area contributed by atoms with Crippen LogP contribution in [0.1, 0.15) is 59.3 Å². The van der Waals surface area contributed by atoms with Gasteiger partial charge in [0.25, 0.3) is 0 Å². The summed E-state index contributed by atoms with van der Waals surface area (Å²) in [5.41, 5.74) is 2.22. The average Bonchev–Trinajstić information content (AvgIpc) is 3.11. The van der Waals surface area contributed by atoms with Crippen LogP contribution in [0.5, 0.6) is 0 Å². The van der Waals surface area contributed by atoms with Crippen molar-refractivity contribution in [2.75, 3.05) is 6.61 Å². The number of Topliss-reactive ketones (excluding diaryl/α,β-unsaturated/α-hetero) is 1. The van der Waals surface area contributed by atoms with E-state index in [-0.39, 0.29) is 11.0 Å². The summed E-state index contributed by atoms with van der Waals surface area (Å²) in [4.78, 5) is 32.4. The minimum Gasteiger partial charge on any atom is -0.462 e. The number of nitrogens with one attached hydrogen (secondary N) is 1. The van der Waals surface area contributed by atoms with Crippen LogP contribution in [0, 0.1) is 13.8 Å². The highest BCUT2D eigenvalue weighted by atomic mass is 32.2. The van der Waals surface area contributed by atoms with E-state index < -0.39 is 5.97 Å². The second kappa shape index (κ2) is 8.38. The normalized spacial score (nSPS) is 12.2. The number of imidazole rings is 1. The zero-order valence-electron chi connectivity index (χ0n) is 15.4. The van der Waals surface area contributed by atoms with Crippen LogP contribution < -0.4 is 0 Å². The first kappa shape index (κ1) is 19.3. The zero-order chi connectivity index (χ0) is 18.6. The van der Waals surface area contributed by atoms with Crippen LogP contribution in [0.4, 0.5) is 0 Å². The molecule has 0 saturated heterocycles. The van der Waals surface area contributed by atoms with E-state index in [9.17, 15) is 9.59 Å². The molecular formula is C18H25N3O3S. The predicted molar refractivity (Wildman–Crippen MR) is 98.4 cm³/mol. The van der Waals surface area contributed by atoms with E-state index in [2.05, 4.69) is 16.9 Å². The highest BCUT2D eigenvalue weighted by Gasteiger charge is 2.26. The lowest BCUT2D eigenvalue weighted by Crippen LogP contribution is -2.16. The lowest BCUT2D eigenvalue weighted by Gasteiger charge is -2.11. The maximum Gasteiger partial charge on any atom is 0.340 e. The van der Waals surface area contributed by atoms with Gasteiger partial charge in [0.15, 0.2) is 10.9 Å². The number of aromatic amines is 1. The molecule has 0 spiro atoms. The van der Waals surface area contributed by atoms with Crippen molar-refractivity contribution in [1.82, 2.24) is 14.5 Å². The summed E-state index contributed by atoms with van der Waals surface area (Å²) < 4.78 is 7.13. The molecule has 0 fully saturated rings. The van der Waals surface area contributed by atoms with Crippen molar-refractivity contribution >= 4 is 23.5 Å². The number of hydrogen-bond donors (Lipinski definition) is 1. The maximum absolute atomic E-state index is 12.9. The third kappa shape index (κ3) is 4.15. The minimum absolute atomic E-state index is 0.0489. The molecule has 1 N–H and O–H groups in total. The number of aryl methyl sites for hydroxylation is 2. The van der Waals surface area contributed by atoms with Crippen LogP contribution in [0.3, 0.4) is 0 Å². The van der Waals surface area contributed by atoms with Gasteiger partial charge in [-0.1, -0.05) is 18.7 Å². The van der Waals surface area contributed by atoms with E-state index in [1.807, 2.05) is 17.7 Å². The minimum atomic E-state index is -0.397. The number of nitrogens with zero attached hydrogens (tertiary/aromatic N) is 2. The smallest absolute Gasteiger partial charge is 0.340 e. The van der Waals surface area contributed by atoms with Gasteiger partial charge in [0.05, 0.1) is 23.1 Å². The number of H-pyrrole nitrogens is 1. The van der Waals surface area contributed by atoms with Gasteiger partial charge in [0.2, 0.25) is 0 Å². The van der Waals surface area contributed by atoms with E-state index in [0.29, 0.717) is 29.1 Å². The van der Waals surface area contributed by atoms with Gasteiger partial charge in [-0.2, -0.15) is 0 Å². The lowest BCUT2D eigenvalue weighted by molar-refractivity contribution is 0.0525. The Hall–Kier alpha value is -2.02. The van der Waals surface area contributed by atoms with Crippen LogP contribution in [-0.2, 0) is 11.3 Å². The Balaban J connectivity index is 2.21. The van der Waals surface area contributed by atoms with Crippen LogP contribution in [0.15, 0.2) is 17.6 Å². The molecule has 0 aliphatic carbocycles. The Morgan fingerprint density at radius 1 is 1.36 bits per heavy atom. The van der Waals surface area contributed by atoms with Crippen LogP contribution in [0.25, 0.3) is 0 Å². The molecule has 7 heteroatoms. The Morgan fingerprint density at radius 2 is 2.08 bits per heavy atom. The fourth-order valence-electron chi connectivity index (χ4n) is 2.75.